The number of anilines is 2. The maximum Gasteiger partial charge on any atom is 0.163 e. The molecule has 31 heavy (non-hydrogen) atoms. The van der Waals surface area contributed by atoms with Crippen molar-refractivity contribution in [3.8, 4) is 23.8 Å². The summed E-state index contributed by atoms with van der Waals surface area (Å²) in [7, 11) is 0. The van der Waals surface area contributed by atoms with Crippen molar-refractivity contribution in [1.29, 1.82) is 0 Å². The highest BCUT2D eigenvalue weighted by Crippen LogP contribution is 2.37. The normalized spacial score (nSPS) is 20.5. The van der Waals surface area contributed by atoms with E-state index in [0.717, 1.165) is 35.0 Å². The first-order valence-corrected chi connectivity index (χ1v) is 10.4. The molecule has 1 aromatic heterocycles. The number of terminal acetylenes is 1. The number of hydrogen-bond donors (Lipinski definition) is 1. The first kappa shape index (κ1) is 19.6. The van der Waals surface area contributed by atoms with Crippen LogP contribution in [0.5, 0.6) is 11.5 Å². The van der Waals surface area contributed by atoms with E-state index in [1.165, 1.54) is 6.33 Å². The highest BCUT2D eigenvalue weighted by Gasteiger charge is 2.24. The van der Waals surface area contributed by atoms with Crippen molar-refractivity contribution in [1.82, 2.24) is 9.97 Å². The average molecular weight is 417 g/mol. The fourth-order valence-corrected chi connectivity index (χ4v) is 3.74. The number of rotatable bonds is 6. The zero-order valence-electron chi connectivity index (χ0n) is 17.0. The molecule has 1 unspecified atom stereocenters. The lowest BCUT2D eigenvalue weighted by atomic mass is 10.1. The molecule has 3 aromatic rings. The van der Waals surface area contributed by atoms with Gasteiger partial charge >= 0.3 is 0 Å². The molecule has 0 spiro atoms. The first-order valence-electron chi connectivity index (χ1n) is 10.4. The average Bonchev–Trinajstić information content (AvgIpc) is 3.49. The van der Waals surface area contributed by atoms with Gasteiger partial charge < -0.3 is 24.3 Å². The Balaban J connectivity index is 1.52. The molecule has 7 nitrogen and oxygen atoms in total. The van der Waals surface area contributed by atoms with E-state index in [1.807, 2.05) is 36.4 Å². The molecular formula is C24H23N3O4. The van der Waals surface area contributed by atoms with Crippen molar-refractivity contribution >= 4 is 22.4 Å². The summed E-state index contributed by atoms with van der Waals surface area (Å²) in [6, 6.07) is 11.5. The van der Waals surface area contributed by atoms with Crippen LogP contribution in [0.3, 0.4) is 0 Å². The Morgan fingerprint density at radius 3 is 2.39 bits per heavy atom. The van der Waals surface area contributed by atoms with Crippen LogP contribution in [0, 0.1) is 12.3 Å². The van der Waals surface area contributed by atoms with E-state index < -0.39 is 0 Å². The topological polar surface area (TPSA) is 74.7 Å². The third kappa shape index (κ3) is 4.41. The van der Waals surface area contributed by atoms with Crippen LogP contribution < -0.4 is 14.8 Å². The van der Waals surface area contributed by atoms with Crippen molar-refractivity contribution in [2.45, 2.75) is 25.0 Å². The third-order valence-electron chi connectivity index (χ3n) is 5.36. The van der Waals surface area contributed by atoms with E-state index in [1.54, 1.807) is 0 Å². The fraction of sp³-hybridized carbons (Fsp3) is 0.333. The molecule has 0 amide bonds. The Labute approximate surface area is 180 Å². The van der Waals surface area contributed by atoms with Crippen molar-refractivity contribution in [3.05, 3.63) is 48.3 Å². The predicted octanol–water partition coefficient (Wildman–Crippen LogP) is 3.69. The second-order valence-electron chi connectivity index (χ2n) is 7.60. The van der Waals surface area contributed by atoms with E-state index in [0.29, 0.717) is 43.7 Å². The number of nitrogens with zero attached hydrogens (tertiary/aromatic N) is 2. The number of ether oxygens (including phenoxy) is 4. The van der Waals surface area contributed by atoms with Gasteiger partial charge in [0.15, 0.2) is 11.5 Å². The predicted molar refractivity (Wildman–Crippen MR) is 117 cm³/mol. The summed E-state index contributed by atoms with van der Waals surface area (Å²) >= 11 is 0. The van der Waals surface area contributed by atoms with Gasteiger partial charge in [0.25, 0.3) is 0 Å². The second-order valence-corrected chi connectivity index (χ2v) is 7.60. The Morgan fingerprint density at radius 1 is 0.968 bits per heavy atom. The molecule has 3 heterocycles. The lowest BCUT2D eigenvalue weighted by molar-refractivity contribution is 0.123. The third-order valence-corrected chi connectivity index (χ3v) is 5.36. The fourth-order valence-electron chi connectivity index (χ4n) is 3.74. The van der Waals surface area contributed by atoms with Gasteiger partial charge in [-0.25, -0.2) is 9.97 Å². The Bertz CT molecular complexity index is 1120. The van der Waals surface area contributed by atoms with Crippen LogP contribution in [0.2, 0.25) is 0 Å². The highest BCUT2D eigenvalue weighted by molar-refractivity contribution is 5.93. The van der Waals surface area contributed by atoms with E-state index in [-0.39, 0.29) is 12.2 Å². The van der Waals surface area contributed by atoms with Gasteiger partial charge in [-0.15, -0.1) is 6.42 Å². The SMILES string of the molecule is C#Cc1cccc(Nc2ncnc3cc(OC4CCOC4)c(O[C@H]4CCOC4)cc23)c1. The smallest absolute Gasteiger partial charge is 0.163 e. The minimum Gasteiger partial charge on any atom is -0.484 e. The maximum absolute atomic E-state index is 6.27. The van der Waals surface area contributed by atoms with Crippen LogP contribution in [0.15, 0.2) is 42.7 Å². The monoisotopic (exact) mass is 417 g/mol. The van der Waals surface area contributed by atoms with Gasteiger partial charge in [0.1, 0.15) is 24.4 Å². The van der Waals surface area contributed by atoms with Gasteiger partial charge in [-0.05, 0) is 24.3 Å². The minimum absolute atomic E-state index is 0.00515. The zero-order chi connectivity index (χ0) is 21.0. The molecule has 5 rings (SSSR count). The van der Waals surface area contributed by atoms with Crippen molar-refractivity contribution in [3.63, 3.8) is 0 Å². The summed E-state index contributed by atoms with van der Waals surface area (Å²) in [4.78, 5) is 8.90. The number of hydrogen-bond acceptors (Lipinski definition) is 7. The molecular weight excluding hydrogens is 394 g/mol. The minimum atomic E-state index is -0.00650. The number of fused-ring (bicyclic) bond motifs is 1. The van der Waals surface area contributed by atoms with E-state index in [2.05, 4.69) is 21.2 Å². The molecule has 7 heteroatoms. The summed E-state index contributed by atoms with van der Waals surface area (Å²) in [6.07, 6.45) is 8.76. The van der Waals surface area contributed by atoms with Gasteiger partial charge in [0.2, 0.25) is 0 Å². The molecule has 2 atom stereocenters. The first-order chi connectivity index (χ1) is 15.3. The molecule has 1 N–H and O–H groups in total. The molecule has 2 aliphatic heterocycles. The quantitative estimate of drug-likeness (QED) is 0.613. The van der Waals surface area contributed by atoms with E-state index >= 15 is 0 Å². The summed E-state index contributed by atoms with van der Waals surface area (Å²) in [5, 5.41) is 4.18. The largest absolute Gasteiger partial charge is 0.484 e. The van der Waals surface area contributed by atoms with Crippen LogP contribution in [-0.4, -0.2) is 48.6 Å². The van der Waals surface area contributed by atoms with Crippen LogP contribution in [0.25, 0.3) is 10.9 Å². The van der Waals surface area contributed by atoms with Crippen LogP contribution in [0.4, 0.5) is 11.5 Å². The molecule has 2 aromatic carbocycles. The number of aromatic nitrogens is 2. The van der Waals surface area contributed by atoms with E-state index in [9.17, 15) is 0 Å². The summed E-state index contributed by atoms with van der Waals surface area (Å²) in [5.41, 5.74) is 2.41. The molecule has 158 valence electrons. The molecule has 0 bridgehead atoms. The molecule has 0 aliphatic carbocycles. The van der Waals surface area contributed by atoms with Crippen molar-refractivity contribution in [2.75, 3.05) is 31.7 Å². The van der Waals surface area contributed by atoms with Crippen molar-refractivity contribution in [2.24, 2.45) is 0 Å². The highest BCUT2D eigenvalue weighted by atomic mass is 16.6. The Kier molecular flexibility index (Phi) is 5.57. The standard InChI is InChI=1S/C24H23N3O4/c1-2-16-4-3-5-17(10-16)27-24-20-11-22(30-18-6-8-28-13-18)23(12-21(20)25-15-26-24)31-19-7-9-29-14-19/h1,3-5,10-12,15,18-19H,6-9,13-14H2,(H,25,26,27)/t18-,19?/m0/s1. The van der Waals surface area contributed by atoms with Crippen LogP contribution in [-0.2, 0) is 9.47 Å². The molecule has 2 fully saturated rings. The second kappa shape index (κ2) is 8.80. The van der Waals surface area contributed by atoms with Gasteiger partial charge in [0.05, 0.1) is 31.9 Å². The van der Waals surface area contributed by atoms with Crippen molar-refractivity contribution < 1.29 is 18.9 Å². The van der Waals surface area contributed by atoms with Gasteiger partial charge in [-0.2, -0.15) is 0 Å². The van der Waals surface area contributed by atoms with Gasteiger partial charge in [-0.3, -0.25) is 0 Å². The Morgan fingerprint density at radius 2 is 1.71 bits per heavy atom. The lowest BCUT2D eigenvalue weighted by Crippen LogP contribution is -2.19. The van der Waals surface area contributed by atoms with Gasteiger partial charge in [0, 0.05) is 35.5 Å². The summed E-state index contributed by atoms with van der Waals surface area (Å²) < 4.78 is 23.4. The molecule has 0 radical (unpaired) electrons. The van der Waals surface area contributed by atoms with Gasteiger partial charge in [-0.1, -0.05) is 12.0 Å². The van der Waals surface area contributed by atoms with Crippen LogP contribution >= 0.6 is 0 Å². The number of nitrogens with one attached hydrogen (secondary N) is 1. The van der Waals surface area contributed by atoms with E-state index in [4.69, 9.17) is 25.4 Å². The summed E-state index contributed by atoms with van der Waals surface area (Å²) in [5.74, 6) is 4.64. The molecule has 0 saturated carbocycles. The maximum atomic E-state index is 6.27. The molecule has 2 saturated heterocycles. The Hall–Kier alpha value is -3.34. The summed E-state index contributed by atoms with van der Waals surface area (Å²) in [6.45, 7) is 2.55. The lowest BCUT2D eigenvalue weighted by Gasteiger charge is -2.20. The van der Waals surface area contributed by atoms with Crippen LogP contribution in [0.1, 0.15) is 18.4 Å². The zero-order valence-corrected chi connectivity index (χ0v) is 17.0. The molecule has 2 aliphatic rings. The number of benzene rings is 2.